The van der Waals surface area contributed by atoms with Crippen LogP contribution in [0.3, 0.4) is 0 Å². The topological polar surface area (TPSA) is 84.7 Å². The van der Waals surface area contributed by atoms with Gasteiger partial charge in [0, 0.05) is 7.05 Å². The van der Waals surface area contributed by atoms with E-state index in [-0.39, 0.29) is 24.5 Å². The van der Waals surface area contributed by atoms with E-state index in [2.05, 4.69) is 0 Å². The van der Waals surface area contributed by atoms with Crippen LogP contribution in [0.2, 0.25) is 0 Å². The van der Waals surface area contributed by atoms with Crippen LogP contribution in [0.25, 0.3) is 0 Å². The largest absolute Gasteiger partial charge is 0.468 e. The fourth-order valence-corrected chi connectivity index (χ4v) is 6.20. The minimum absolute atomic E-state index is 0.0501. The molecule has 2 heterocycles. The first kappa shape index (κ1) is 13.6. The van der Waals surface area contributed by atoms with Crippen LogP contribution in [-0.4, -0.2) is 44.9 Å². The Hall–Kier alpha value is -0.860. The minimum atomic E-state index is -3.59. The molecule has 0 saturated carbocycles. The maximum Gasteiger partial charge on any atom is 0.218 e. The molecule has 0 aromatic carbocycles. The Bertz CT molecular complexity index is 603. The molecule has 102 valence electrons. The van der Waals surface area contributed by atoms with E-state index < -0.39 is 25.1 Å². The van der Waals surface area contributed by atoms with Crippen LogP contribution in [0.1, 0.15) is 12.2 Å². The van der Waals surface area contributed by atoms with E-state index >= 15 is 0 Å². The molecule has 0 radical (unpaired) electrons. The van der Waals surface area contributed by atoms with Gasteiger partial charge in [-0.1, -0.05) is 0 Å². The van der Waals surface area contributed by atoms with Crippen molar-refractivity contribution in [1.29, 1.82) is 0 Å². The molecular weight excluding hydrogens is 278 g/mol. The fraction of sp³-hybridized carbons (Fsp3) is 0.600. The van der Waals surface area contributed by atoms with Crippen LogP contribution >= 0.6 is 0 Å². The smallest absolute Gasteiger partial charge is 0.218 e. The van der Waals surface area contributed by atoms with Crippen LogP contribution in [0.5, 0.6) is 0 Å². The first-order valence-electron chi connectivity index (χ1n) is 5.49. The lowest BCUT2D eigenvalue weighted by atomic mass is 10.4. The van der Waals surface area contributed by atoms with Gasteiger partial charge in [0.25, 0.3) is 0 Å². The van der Waals surface area contributed by atoms with Crippen molar-refractivity contribution in [3.05, 3.63) is 24.2 Å². The van der Waals surface area contributed by atoms with Crippen LogP contribution in [0, 0.1) is 0 Å². The Balaban J connectivity index is 2.11. The first-order chi connectivity index (χ1) is 8.31. The van der Waals surface area contributed by atoms with Crippen LogP contribution in [0.4, 0.5) is 0 Å². The maximum atomic E-state index is 12.2. The molecule has 0 amide bonds. The van der Waals surface area contributed by atoms with Crippen LogP contribution in [0.15, 0.2) is 22.8 Å². The Kier molecular flexibility index (Phi) is 3.52. The van der Waals surface area contributed by atoms with Gasteiger partial charge in [-0.05, 0) is 18.6 Å². The third kappa shape index (κ3) is 2.76. The Morgan fingerprint density at radius 3 is 2.72 bits per heavy atom. The van der Waals surface area contributed by atoms with Gasteiger partial charge in [0.05, 0.1) is 29.6 Å². The lowest BCUT2D eigenvalue weighted by Gasteiger charge is -2.19. The molecule has 0 spiro atoms. The van der Waals surface area contributed by atoms with Crippen molar-refractivity contribution < 1.29 is 21.3 Å². The molecule has 0 aliphatic carbocycles. The molecule has 1 unspecified atom stereocenters. The molecule has 6 nitrogen and oxygen atoms in total. The number of furan rings is 1. The Morgan fingerprint density at radius 2 is 2.22 bits per heavy atom. The summed E-state index contributed by atoms with van der Waals surface area (Å²) in [5.74, 6) is 0.200. The molecule has 1 aromatic heterocycles. The van der Waals surface area contributed by atoms with Gasteiger partial charge in [-0.2, -0.15) is 4.31 Å². The van der Waals surface area contributed by atoms with Crippen molar-refractivity contribution >= 4 is 19.9 Å². The molecule has 2 rings (SSSR count). The molecule has 18 heavy (non-hydrogen) atoms. The molecule has 1 fully saturated rings. The van der Waals surface area contributed by atoms with Crippen molar-refractivity contribution in [1.82, 2.24) is 4.31 Å². The second-order valence-electron chi connectivity index (χ2n) is 4.41. The van der Waals surface area contributed by atoms with E-state index in [0.29, 0.717) is 5.76 Å². The third-order valence-electron chi connectivity index (χ3n) is 3.00. The molecule has 1 aromatic rings. The summed E-state index contributed by atoms with van der Waals surface area (Å²) in [5.41, 5.74) is 0. The van der Waals surface area contributed by atoms with Gasteiger partial charge in [-0.3, -0.25) is 0 Å². The van der Waals surface area contributed by atoms with Crippen molar-refractivity contribution in [3.8, 4) is 0 Å². The number of sulfone groups is 1. The van der Waals surface area contributed by atoms with E-state index in [9.17, 15) is 16.8 Å². The zero-order chi connectivity index (χ0) is 13.4. The van der Waals surface area contributed by atoms with Gasteiger partial charge in [0.1, 0.15) is 5.76 Å². The molecule has 1 atom stereocenters. The third-order valence-corrected chi connectivity index (χ3v) is 7.23. The number of hydrogen-bond acceptors (Lipinski definition) is 5. The normalized spacial score (nSPS) is 23.6. The summed E-state index contributed by atoms with van der Waals surface area (Å²) in [7, 11) is -5.36. The van der Waals surface area contributed by atoms with E-state index in [4.69, 9.17) is 4.42 Å². The summed E-state index contributed by atoms with van der Waals surface area (Å²) in [5, 5.41) is -0.831. The van der Waals surface area contributed by atoms with Gasteiger partial charge < -0.3 is 4.42 Å². The molecule has 1 saturated heterocycles. The average Bonchev–Trinajstić information content (AvgIpc) is 2.87. The minimum Gasteiger partial charge on any atom is -0.468 e. The summed E-state index contributed by atoms with van der Waals surface area (Å²) >= 11 is 0. The number of hydrogen-bond donors (Lipinski definition) is 0. The molecule has 1 aliphatic heterocycles. The highest BCUT2D eigenvalue weighted by atomic mass is 32.2. The van der Waals surface area contributed by atoms with Gasteiger partial charge in [0.2, 0.25) is 10.0 Å². The van der Waals surface area contributed by atoms with E-state index in [1.165, 1.54) is 13.3 Å². The monoisotopic (exact) mass is 293 g/mol. The molecule has 1 aliphatic rings. The lowest BCUT2D eigenvalue weighted by molar-refractivity contribution is 0.402. The van der Waals surface area contributed by atoms with Gasteiger partial charge in [-0.15, -0.1) is 0 Å². The Morgan fingerprint density at radius 1 is 1.50 bits per heavy atom. The summed E-state index contributed by atoms with van der Waals surface area (Å²) in [6, 6.07) is 3.35. The second kappa shape index (κ2) is 4.67. The zero-order valence-electron chi connectivity index (χ0n) is 9.94. The standard InChI is InChI=1S/C10H15NO5S2/c1-11(7-9-3-2-5-16-9)18(14,15)10-4-6-17(12,13)8-10/h2-3,5,10H,4,6-8H2,1H3. The SMILES string of the molecule is CN(Cc1ccco1)S(=O)(=O)C1CCS(=O)(=O)C1. The number of rotatable bonds is 4. The predicted octanol–water partition coefficient (Wildman–Crippen LogP) is 0.228. The predicted molar refractivity (Wildman–Crippen MR) is 66.2 cm³/mol. The second-order valence-corrected chi connectivity index (χ2v) is 8.95. The summed E-state index contributed by atoms with van der Waals surface area (Å²) in [6.45, 7) is 0.117. The Labute approximate surface area is 107 Å². The molecule has 8 heteroatoms. The molecule has 0 bridgehead atoms. The van der Waals surface area contributed by atoms with E-state index in [1.54, 1.807) is 12.1 Å². The van der Waals surface area contributed by atoms with Crippen molar-refractivity contribution in [2.75, 3.05) is 18.6 Å². The average molecular weight is 293 g/mol. The number of sulfonamides is 1. The van der Waals surface area contributed by atoms with Crippen molar-refractivity contribution in [2.24, 2.45) is 0 Å². The summed E-state index contributed by atoms with van der Waals surface area (Å²) in [6.07, 6.45) is 1.64. The lowest BCUT2D eigenvalue weighted by Crippen LogP contribution is -2.36. The van der Waals surface area contributed by atoms with Crippen LogP contribution in [-0.2, 0) is 26.4 Å². The summed E-state index contributed by atoms with van der Waals surface area (Å²) < 4.78 is 53.2. The van der Waals surface area contributed by atoms with E-state index in [0.717, 1.165) is 4.31 Å². The van der Waals surface area contributed by atoms with Crippen molar-refractivity contribution in [3.63, 3.8) is 0 Å². The van der Waals surface area contributed by atoms with E-state index in [1.807, 2.05) is 0 Å². The van der Waals surface area contributed by atoms with Crippen molar-refractivity contribution in [2.45, 2.75) is 18.2 Å². The number of nitrogens with zero attached hydrogens (tertiary/aromatic N) is 1. The molecule has 0 N–H and O–H groups in total. The van der Waals surface area contributed by atoms with Crippen LogP contribution < -0.4 is 0 Å². The van der Waals surface area contributed by atoms with Gasteiger partial charge >= 0.3 is 0 Å². The highest BCUT2D eigenvalue weighted by Gasteiger charge is 2.39. The quantitative estimate of drug-likeness (QED) is 0.793. The fourth-order valence-electron chi connectivity index (χ4n) is 1.96. The zero-order valence-corrected chi connectivity index (χ0v) is 11.6. The molecular formula is C10H15NO5S2. The maximum absolute atomic E-state index is 12.2. The highest BCUT2D eigenvalue weighted by molar-refractivity contribution is 7.95. The first-order valence-corrected chi connectivity index (χ1v) is 8.82. The van der Waals surface area contributed by atoms with Gasteiger partial charge in [0.15, 0.2) is 9.84 Å². The summed E-state index contributed by atoms with van der Waals surface area (Å²) in [4.78, 5) is 0. The van der Waals surface area contributed by atoms with Gasteiger partial charge in [-0.25, -0.2) is 16.8 Å². The highest BCUT2D eigenvalue weighted by Crippen LogP contribution is 2.22.